The fourth-order valence-electron chi connectivity index (χ4n) is 2.11. The molecule has 0 aliphatic carbocycles. The van der Waals surface area contributed by atoms with Crippen molar-refractivity contribution in [3.05, 3.63) is 64.3 Å². The Morgan fingerprint density at radius 3 is 2.79 bits per heavy atom. The second-order valence-electron chi connectivity index (χ2n) is 4.60. The van der Waals surface area contributed by atoms with E-state index >= 15 is 0 Å². The van der Waals surface area contributed by atoms with E-state index in [0.29, 0.717) is 6.61 Å². The van der Waals surface area contributed by atoms with Gasteiger partial charge in [-0.25, -0.2) is 0 Å². The van der Waals surface area contributed by atoms with E-state index in [0.717, 1.165) is 21.4 Å². The van der Waals surface area contributed by atoms with E-state index in [9.17, 15) is 0 Å². The molecule has 0 atom stereocenters. The predicted molar refractivity (Wildman–Crippen MR) is 81.5 cm³/mol. The normalized spacial score (nSPS) is 10.8. The van der Waals surface area contributed by atoms with Crippen molar-refractivity contribution in [2.24, 2.45) is 0 Å². The maximum Gasteiger partial charge on any atom is 0.134 e. The molecular weight excluding hydrogens is 302 g/mol. The highest BCUT2D eigenvalue weighted by molar-refractivity contribution is 9.10. The third-order valence-electron chi connectivity index (χ3n) is 3.05. The van der Waals surface area contributed by atoms with E-state index in [-0.39, 0.29) is 0 Å². The Labute approximate surface area is 120 Å². The van der Waals surface area contributed by atoms with E-state index in [2.05, 4.69) is 52.1 Å². The average molecular weight is 316 g/mol. The lowest BCUT2D eigenvalue weighted by molar-refractivity contribution is 0.300. The summed E-state index contributed by atoms with van der Waals surface area (Å²) < 4.78 is 6.78. The zero-order chi connectivity index (χ0) is 13.2. The lowest BCUT2D eigenvalue weighted by Crippen LogP contribution is -1.95. The van der Waals surface area contributed by atoms with Gasteiger partial charge < -0.3 is 9.72 Å². The minimum absolute atomic E-state index is 0.538. The van der Waals surface area contributed by atoms with Crippen molar-refractivity contribution >= 4 is 26.8 Å². The molecule has 3 rings (SSSR count). The standard InChI is InChI=1S/C16H14BrNO/c1-11-6-7-15-12(8-11)9-13(18-15)10-19-16-5-3-2-4-14(16)17/h2-9,18H,10H2,1H3. The molecule has 2 aromatic carbocycles. The van der Waals surface area contributed by atoms with Crippen LogP contribution in [0.3, 0.4) is 0 Å². The van der Waals surface area contributed by atoms with Crippen molar-refractivity contribution in [2.45, 2.75) is 13.5 Å². The molecule has 0 spiro atoms. The Kier molecular flexibility index (Phi) is 3.30. The number of para-hydroxylation sites is 1. The molecule has 1 heterocycles. The largest absolute Gasteiger partial charge is 0.486 e. The smallest absolute Gasteiger partial charge is 0.134 e. The van der Waals surface area contributed by atoms with Crippen LogP contribution in [0, 0.1) is 6.92 Å². The van der Waals surface area contributed by atoms with Gasteiger partial charge in [-0.05, 0) is 53.2 Å². The number of aromatic nitrogens is 1. The van der Waals surface area contributed by atoms with Crippen LogP contribution in [0.4, 0.5) is 0 Å². The molecule has 0 radical (unpaired) electrons. The number of halogens is 1. The number of benzene rings is 2. The Morgan fingerprint density at radius 2 is 1.95 bits per heavy atom. The van der Waals surface area contributed by atoms with E-state index in [1.54, 1.807) is 0 Å². The quantitative estimate of drug-likeness (QED) is 0.736. The van der Waals surface area contributed by atoms with Crippen LogP contribution in [-0.2, 0) is 6.61 Å². The summed E-state index contributed by atoms with van der Waals surface area (Å²) in [4.78, 5) is 3.37. The molecule has 0 bridgehead atoms. The summed E-state index contributed by atoms with van der Waals surface area (Å²) >= 11 is 3.48. The zero-order valence-electron chi connectivity index (χ0n) is 10.6. The molecule has 19 heavy (non-hydrogen) atoms. The average Bonchev–Trinajstić information content (AvgIpc) is 2.79. The molecule has 0 aliphatic heterocycles. The van der Waals surface area contributed by atoms with Crippen LogP contribution in [0.2, 0.25) is 0 Å². The van der Waals surface area contributed by atoms with Crippen molar-refractivity contribution in [1.82, 2.24) is 4.98 Å². The van der Waals surface area contributed by atoms with Crippen LogP contribution >= 0.6 is 15.9 Å². The Bertz CT molecular complexity index is 718. The van der Waals surface area contributed by atoms with Crippen molar-refractivity contribution in [3.63, 3.8) is 0 Å². The molecule has 96 valence electrons. The lowest BCUT2D eigenvalue weighted by Gasteiger charge is -2.06. The van der Waals surface area contributed by atoms with Crippen LogP contribution in [0.5, 0.6) is 5.75 Å². The van der Waals surface area contributed by atoms with Gasteiger partial charge in [0.1, 0.15) is 12.4 Å². The molecule has 0 amide bonds. The second-order valence-corrected chi connectivity index (χ2v) is 5.46. The number of aromatic amines is 1. The molecule has 3 aromatic rings. The Hall–Kier alpha value is -1.74. The van der Waals surface area contributed by atoms with Gasteiger partial charge in [0, 0.05) is 10.9 Å². The number of aryl methyl sites for hydroxylation is 1. The summed E-state index contributed by atoms with van der Waals surface area (Å²) in [6, 6.07) is 16.4. The first kappa shape index (κ1) is 12.3. The van der Waals surface area contributed by atoms with Gasteiger partial charge >= 0.3 is 0 Å². The third kappa shape index (κ3) is 2.66. The van der Waals surface area contributed by atoms with Gasteiger partial charge in [0.25, 0.3) is 0 Å². The number of fused-ring (bicyclic) bond motifs is 1. The second kappa shape index (κ2) is 5.10. The van der Waals surface area contributed by atoms with Gasteiger partial charge in [0.05, 0.1) is 10.2 Å². The van der Waals surface area contributed by atoms with Gasteiger partial charge in [0.2, 0.25) is 0 Å². The molecule has 3 heteroatoms. The summed E-state index contributed by atoms with van der Waals surface area (Å²) in [5.74, 6) is 0.859. The van der Waals surface area contributed by atoms with Gasteiger partial charge in [0.15, 0.2) is 0 Å². The summed E-state index contributed by atoms with van der Waals surface area (Å²) in [5, 5.41) is 1.23. The zero-order valence-corrected chi connectivity index (χ0v) is 12.2. The molecular formula is C16H14BrNO. The molecule has 2 nitrogen and oxygen atoms in total. The van der Waals surface area contributed by atoms with Crippen molar-refractivity contribution in [1.29, 1.82) is 0 Å². The molecule has 1 N–H and O–H groups in total. The van der Waals surface area contributed by atoms with Crippen LogP contribution in [0.25, 0.3) is 10.9 Å². The fourth-order valence-corrected chi connectivity index (χ4v) is 2.51. The van der Waals surface area contributed by atoms with Crippen molar-refractivity contribution in [3.8, 4) is 5.75 Å². The van der Waals surface area contributed by atoms with Crippen molar-refractivity contribution in [2.75, 3.05) is 0 Å². The minimum atomic E-state index is 0.538. The number of H-pyrrole nitrogens is 1. The topological polar surface area (TPSA) is 25.0 Å². The summed E-state index contributed by atoms with van der Waals surface area (Å²) in [6.07, 6.45) is 0. The minimum Gasteiger partial charge on any atom is -0.486 e. The molecule has 0 saturated carbocycles. The lowest BCUT2D eigenvalue weighted by atomic mass is 10.2. The van der Waals surface area contributed by atoms with Gasteiger partial charge in [-0.1, -0.05) is 23.8 Å². The van der Waals surface area contributed by atoms with Gasteiger partial charge in [-0.15, -0.1) is 0 Å². The number of ether oxygens (including phenoxy) is 1. The van der Waals surface area contributed by atoms with Crippen LogP contribution in [0.15, 0.2) is 53.0 Å². The van der Waals surface area contributed by atoms with Gasteiger partial charge in [-0.3, -0.25) is 0 Å². The molecule has 0 aliphatic rings. The van der Waals surface area contributed by atoms with Crippen LogP contribution < -0.4 is 4.74 Å². The first-order valence-electron chi connectivity index (χ1n) is 6.18. The highest BCUT2D eigenvalue weighted by atomic mass is 79.9. The van der Waals surface area contributed by atoms with Crippen molar-refractivity contribution < 1.29 is 4.74 Å². The molecule has 0 saturated heterocycles. The maximum absolute atomic E-state index is 5.80. The number of hydrogen-bond acceptors (Lipinski definition) is 1. The Morgan fingerprint density at radius 1 is 1.11 bits per heavy atom. The summed E-state index contributed by atoms with van der Waals surface area (Å²) in [6.45, 7) is 2.64. The third-order valence-corrected chi connectivity index (χ3v) is 3.71. The number of rotatable bonds is 3. The monoisotopic (exact) mass is 315 g/mol. The van der Waals surface area contributed by atoms with Gasteiger partial charge in [-0.2, -0.15) is 0 Å². The van der Waals surface area contributed by atoms with E-state index in [4.69, 9.17) is 4.74 Å². The van der Waals surface area contributed by atoms with E-state index < -0.39 is 0 Å². The van der Waals surface area contributed by atoms with E-state index in [1.807, 2.05) is 24.3 Å². The maximum atomic E-state index is 5.80. The summed E-state index contributed by atoms with van der Waals surface area (Å²) in [7, 11) is 0. The summed E-state index contributed by atoms with van der Waals surface area (Å²) in [5.41, 5.74) is 3.50. The van der Waals surface area contributed by atoms with E-state index in [1.165, 1.54) is 10.9 Å². The molecule has 0 fully saturated rings. The first-order chi connectivity index (χ1) is 9.22. The fraction of sp³-hybridized carbons (Fsp3) is 0.125. The predicted octanol–water partition coefficient (Wildman–Crippen LogP) is 4.82. The molecule has 0 unspecified atom stereocenters. The number of hydrogen-bond donors (Lipinski definition) is 1. The van der Waals surface area contributed by atoms with Crippen LogP contribution in [-0.4, -0.2) is 4.98 Å². The SMILES string of the molecule is Cc1ccc2[nH]c(COc3ccccc3Br)cc2c1. The number of nitrogens with one attached hydrogen (secondary N) is 1. The first-order valence-corrected chi connectivity index (χ1v) is 6.97. The highest BCUT2D eigenvalue weighted by Gasteiger charge is 2.03. The highest BCUT2D eigenvalue weighted by Crippen LogP contribution is 2.25. The Balaban J connectivity index is 1.80. The molecule has 1 aromatic heterocycles. The van der Waals surface area contributed by atoms with Crippen LogP contribution in [0.1, 0.15) is 11.3 Å².